The average Bonchev–Trinajstić information content (AvgIpc) is 2.28. The van der Waals surface area contributed by atoms with Gasteiger partial charge in [0.2, 0.25) is 0 Å². The number of aromatic nitrogens is 1. The van der Waals surface area contributed by atoms with E-state index in [1.807, 2.05) is 24.3 Å². The van der Waals surface area contributed by atoms with Crippen molar-refractivity contribution in [1.29, 1.82) is 0 Å². The van der Waals surface area contributed by atoms with Crippen LogP contribution in [0.1, 0.15) is 25.5 Å². The van der Waals surface area contributed by atoms with Crippen LogP contribution >= 0.6 is 0 Å². The van der Waals surface area contributed by atoms with Crippen LogP contribution in [0.25, 0.3) is 10.9 Å². The molecule has 0 spiro atoms. The summed E-state index contributed by atoms with van der Waals surface area (Å²) in [5, 5.41) is 0.948. The maximum absolute atomic E-state index is 6.02. The highest BCUT2D eigenvalue weighted by Crippen LogP contribution is 2.27. The van der Waals surface area contributed by atoms with Gasteiger partial charge in [-0.2, -0.15) is 0 Å². The molecule has 1 aromatic heterocycles. The molecule has 2 N–H and O–H groups in total. The molecular formula is C13H16N2O. The predicted molar refractivity (Wildman–Crippen MR) is 66.8 cm³/mol. The normalized spacial score (nSPS) is 11.0. The lowest BCUT2D eigenvalue weighted by Crippen LogP contribution is -1.97. The zero-order valence-corrected chi connectivity index (χ0v) is 9.82. The summed E-state index contributed by atoms with van der Waals surface area (Å²) < 4.78 is 5.17. The molecule has 1 heterocycles. The first-order valence-corrected chi connectivity index (χ1v) is 5.36. The Morgan fingerprint density at radius 1 is 1.25 bits per heavy atom. The van der Waals surface area contributed by atoms with Gasteiger partial charge in [0, 0.05) is 16.8 Å². The number of rotatable bonds is 2. The molecule has 16 heavy (non-hydrogen) atoms. The van der Waals surface area contributed by atoms with Crippen molar-refractivity contribution < 1.29 is 4.74 Å². The number of anilines is 1. The summed E-state index contributed by atoms with van der Waals surface area (Å²) >= 11 is 0. The average molecular weight is 216 g/mol. The molecule has 0 fully saturated rings. The minimum Gasteiger partial charge on any atom is -0.497 e. The topological polar surface area (TPSA) is 48.1 Å². The van der Waals surface area contributed by atoms with Gasteiger partial charge in [0.1, 0.15) is 5.75 Å². The van der Waals surface area contributed by atoms with Gasteiger partial charge in [-0.15, -0.1) is 0 Å². The summed E-state index contributed by atoms with van der Waals surface area (Å²) in [6, 6.07) is 7.70. The fourth-order valence-electron chi connectivity index (χ4n) is 1.68. The van der Waals surface area contributed by atoms with Gasteiger partial charge in [0.05, 0.1) is 12.6 Å². The number of hydrogen-bond donors (Lipinski definition) is 1. The first-order chi connectivity index (χ1) is 7.61. The van der Waals surface area contributed by atoms with E-state index in [4.69, 9.17) is 10.5 Å². The second kappa shape index (κ2) is 4.00. The largest absolute Gasteiger partial charge is 0.497 e. The number of nitrogen functional groups attached to an aromatic ring is 1. The van der Waals surface area contributed by atoms with Gasteiger partial charge in [0.15, 0.2) is 0 Å². The molecule has 2 rings (SSSR count). The van der Waals surface area contributed by atoms with Gasteiger partial charge in [-0.3, -0.25) is 4.98 Å². The predicted octanol–water partition coefficient (Wildman–Crippen LogP) is 2.95. The van der Waals surface area contributed by atoms with Crippen molar-refractivity contribution in [2.45, 2.75) is 19.8 Å². The number of pyridine rings is 1. The molecule has 0 amide bonds. The van der Waals surface area contributed by atoms with E-state index >= 15 is 0 Å². The number of nitrogens with two attached hydrogens (primary N) is 1. The van der Waals surface area contributed by atoms with Gasteiger partial charge in [0.25, 0.3) is 0 Å². The van der Waals surface area contributed by atoms with Crippen molar-refractivity contribution in [2.24, 2.45) is 0 Å². The third-order valence-electron chi connectivity index (χ3n) is 2.66. The van der Waals surface area contributed by atoms with E-state index in [1.165, 1.54) is 0 Å². The van der Waals surface area contributed by atoms with Gasteiger partial charge in [-0.05, 0) is 30.2 Å². The number of fused-ring (bicyclic) bond motifs is 1. The standard InChI is InChI=1S/C13H16N2O/c1-8(2)13-7-11(14)10-6-9(16-3)4-5-12(10)15-13/h4-8H,1-3H3,(H2,14,15). The van der Waals surface area contributed by atoms with Crippen LogP contribution in [0, 0.1) is 0 Å². The molecule has 0 unspecified atom stereocenters. The first-order valence-electron chi connectivity index (χ1n) is 5.36. The SMILES string of the molecule is COc1ccc2nc(C(C)C)cc(N)c2c1. The summed E-state index contributed by atoms with van der Waals surface area (Å²) in [5.41, 5.74) is 8.72. The van der Waals surface area contributed by atoms with E-state index in [9.17, 15) is 0 Å². The van der Waals surface area contributed by atoms with Crippen LogP contribution in [-0.2, 0) is 0 Å². The molecule has 0 aliphatic rings. The maximum atomic E-state index is 6.02. The van der Waals surface area contributed by atoms with E-state index in [1.54, 1.807) is 7.11 Å². The Kier molecular flexibility index (Phi) is 2.69. The summed E-state index contributed by atoms with van der Waals surface area (Å²) in [7, 11) is 1.65. The number of ether oxygens (including phenoxy) is 1. The molecule has 0 saturated heterocycles. The Bertz CT molecular complexity index is 521. The Morgan fingerprint density at radius 3 is 2.62 bits per heavy atom. The molecule has 0 atom stereocenters. The van der Waals surface area contributed by atoms with Crippen LogP contribution < -0.4 is 10.5 Å². The first kappa shape index (κ1) is 10.7. The second-order valence-electron chi connectivity index (χ2n) is 4.17. The van der Waals surface area contributed by atoms with Gasteiger partial charge in [-0.1, -0.05) is 13.8 Å². The lowest BCUT2D eigenvalue weighted by atomic mass is 10.1. The minimum absolute atomic E-state index is 0.383. The van der Waals surface area contributed by atoms with Crippen molar-refractivity contribution in [3.8, 4) is 5.75 Å². The molecule has 3 nitrogen and oxygen atoms in total. The van der Waals surface area contributed by atoms with E-state index < -0.39 is 0 Å². The fraction of sp³-hybridized carbons (Fsp3) is 0.308. The van der Waals surface area contributed by atoms with Crippen LogP contribution in [-0.4, -0.2) is 12.1 Å². The van der Waals surface area contributed by atoms with Gasteiger partial charge >= 0.3 is 0 Å². The third kappa shape index (κ3) is 1.81. The highest BCUT2D eigenvalue weighted by Gasteiger charge is 2.07. The fourth-order valence-corrected chi connectivity index (χ4v) is 1.68. The molecule has 3 heteroatoms. The van der Waals surface area contributed by atoms with Crippen molar-refractivity contribution in [2.75, 3.05) is 12.8 Å². The zero-order chi connectivity index (χ0) is 11.7. The van der Waals surface area contributed by atoms with Crippen LogP contribution in [0.4, 0.5) is 5.69 Å². The van der Waals surface area contributed by atoms with Crippen LogP contribution in [0.5, 0.6) is 5.75 Å². The number of hydrogen-bond acceptors (Lipinski definition) is 3. The number of benzene rings is 1. The summed E-state index contributed by atoms with van der Waals surface area (Å²) in [4.78, 5) is 4.58. The Balaban J connectivity index is 2.66. The Morgan fingerprint density at radius 2 is 2.00 bits per heavy atom. The molecule has 84 valence electrons. The quantitative estimate of drug-likeness (QED) is 0.839. The molecule has 1 aromatic carbocycles. The van der Waals surface area contributed by atoms with Crippen molar-refractivity contribution >= 4 is 16.6 Å². The van der Waals surface area contributed by atoms with E-state index in [2.05, 4.69) is 18.8 Å². The smallest absolute Gasteiger partial charge is 0.119 e. The second-order valence-corrected chi connectivity index (χ2v) is 4.17. The van der Waals surface area contributed by atoms with Gasteiger partial charge in [-0.25, -0.2) is 0 Å². The van der Waals surface area contributed by atoms with Crippen LogP contribution in [0.2, 0.25) is 0 Å². The molecule has 0 saturated carbocycles. The molecular weight excluding hydrogens is 200 g/mol. The van der Waals surface area contributed by atoms with Crippen LogP contribution in [0.15, 0.2) is 24.3 Å². The molecule has 0 aliphatic carbocycles. The monoisotopic (exact) mass is 216 g/mol. The van der Waals surface area contributed by atoms with Crippen molar-refractivity contribution in [3.05, 3.63) is 30.0 Å². The summed E-state index contributed by atoms with van der Waals surface area (Å²) in [5.74, 6) is 1.19. The number of nitrogens with zero attached hydrogens (tertiary/aromatic N) is 1. The number of methoxy groups -OCH3 is 1. The lowest BCUT2D eigenvalue weighted by molar-refractivity contribution is 0.415. The third-order valence-corrected chi connectivity index (χ3v) is 2.66. The Hall–Kier alpha value is -1.77. The van der Waals surface area contributed by atoms with E-state index in [0.717, 1.165) is 28.0 Å². The molecule has 0 bridgehead atoms. The van der Waals surface area contributed by atoms with Crippen molar-refractivity contribution in [3.63, 3.8) is 0 Å². The molecule has 0 aliphatic heterocycles. The van der Waals surface area contributed by atoms with Crippen molar-refractivity contribution in [1.82, 2.24) is 4.98 Å². The highest BCUT2D eigenvalue weighted by atomic mass is 16.5. The summed E-state index contributed by atoms with van der Waals surface area (Å²) in [6.07, 6.45) is 0. The maximum Gasteiger partial charge on any atom is 0.119 e. The Labute approximate surface area is 95.2 Å². The van der Waals surface area contributed by atoms with Gasteiger partial charge < -0.3 is 10.5 Å². The summed E-state index contributed by atoms with van der Waals surface area (Å²) in [6.45, 7) is 4.22. The highest BCUT2D eigenvalue weighted by molar-refractivity contribution is 5.91. The zero-order valence-electron chi connectivity index (χ0n) is 9.82. The molecule has 2 aromatic rings. The van der Waals surface area contributed by atoms with E-state index in [0.29, 0.717) is 5.92 Å². The molecule has 0 radical (unpaired) electrons. The minimum atomic E-state index is 0.383. The lowest BCUT2D eigenvalue weighted by Gasteiger charge is -2.09. The van der Waals surface area contributed by atoms with E-state index in [-0.39, 0.29) is 0 Å². The van der Waals surface area contributed by atoms with Crippen LogP contribution in [0.3, 0.4) is 0 Å².